The number of hydrogen-bond donors (Lipinski definition) is 3. The zero-order chi connectivity index (χ0) is 33.9. The van der Waals surface area contributed by atoms with E-state index in [4.69, 9.17) is 4.74 Å². The van der Waals surface area contributed by atoms with Crippen LogP contribution in [-0.2, 0) is 19.6 Å². The molecule has 2 aromatic heterocycles. The number of hydrogen-bond acceptors (Lipinski definition) is 9. The third-order valence-corrected chi connectivity index (χ3v) is 7.45. The molecule has 1 atom stereocenters. The first kappa shape index (κ1) is 32.7. The molecule has 47 heavy (non-hydrogen) atoms. The Kier molecular flexibility index (Phi) is 9.32. The average molecular weight is 666 g/mol. The molecule has 5 rings (SSSR count). The Balaban J connectivity index is 1.26. The highest BCUT2D eigenvalue weighted by Crippen LogP contribution is 2.30. The molecule has 1 fully saturated rings. The summed E-state index contributed by atoms with van der Waals surface area (Å²) in [6.45, 7) is 3.27. The summed E-state index contributed by atoms with van der Waals surface area (Å²) in [5, 5.41) is 5.47. The highest BCUT2D eigenvalue weighted by Gasteiger charge is 2.44. The molecule has 1 aliphatic heterocycles. The minimum absolute atomic E-state index is 0.0472. The molecule has 1 saturated heterocycles. The number of anilines is 5. The molecule has 0 spiro atoms. The van der Waals surface area contributed by atoms with Gasteiger partial charge in [0.05, 0.1) is 23.8 Å². The van der Waals surface area contributed by atoms with Crippen LogP contribution in [0.2, 0.25) is 0 Å². The van der Waals surface area contributed by atoms with Gasteiger partial charge in [0.2, 0.25) is 21.8 Å². The number of aromatic nitrogens is 2. The van der Waals surface area contributed by atoms with Crippen molar-refractivity contribution in [1.29, 1.82) is 0 Å². The zero-order valence-corrected chi connectivity index (χ0v) is 26.1. The number of carbonyl (C=O) groups is 3. The Labute approximate surface area is 268 Å². The number of halogens is 2. The van der Waals surface area contributed by atoms with Crippen molar-refractivity contribution in [1.82, 2.24) is 14.9 Å². The first-order valence-electron chi connectivity index (χ1n) is 14.1. The number of amides is 4. The molecule has 16 heteroatoms. The van der Waals surface area contributed by atoms with Gasteiger partial charge in [-0.3, -0.25) is 14.3 Å². The Morgan fingerprint density at radius 3 is 2.32 bits per heavy atom. The number of carbonyl (C=O) groups excluding carboxylic acids is 3. The molecule has 3 N–H and O–H groups in total. The van der Waals surface area contributed by atoms with E-state index >= 15 is 4.39 Å². The quantitative estimate of drug-likeness (QED) is 0.196. The summed E-state index contributed by atoms with van der Waals surface area (Å²) in [6.07, 6.45) is 3.77. The van der Waals surface area contributed by atoms with Crippen molar-refractivity contribution < 1.29 is 36.3 Å². The zero-order valence-electron chi connectivity index (χ0n) is 25.3. The molecule has 0 saturated carbocycles. The average Bonchev–Trinajstić information content (AvgIpc) is 3.00. The van der Waals surface area contributed by atoms with Gasteiger partial charge in [-0.25, -0.2) is 36.9 Å². The SMILES string of the molecule is CC(C)N1CC(C(=O)Nc2ccc(Oc3ccnc(Nc4ccc(NS(C)(=O)=O)cn4)c3)c(F)c2)C(=O)N(c2ccc(F)cc2)C1=O. The largest absolute Gasteiger partial charge is 0.454 e. The van der Waals surface area contributed by atoms with E-state index < -0.39 is 45.4 Å². The van der Waals surface area contributed by atoms with Gasteiger partial charge in [-0.1, -0.05) is 0 Å². The Hall–Kier alpha value is -5.64. The lowest BCUT2D eigenvalue weighted by Gasteiger charge is -2.39. The van der Waals surface area contributed by atoms with E-state index in [1.807, 2.05) is 0 Å². The van der Waals surface area contributed by atoms with Gasteiger partial charge in [0.1, 0.15) is 29.1 Å². The summed E-state index contributed by atoms with van der Waals surface area (Å²) < 4.78 is 59.4. The second-order valence-electron chi connectivity index (χ2n) is 10.8. The van der Waals surface area contributed by atoms with Crippen LogP contribution in [0.15, 0.2) is 79.1 Å². The summed E-state index contributed by atoms with van der Waals surface area (Å²) in [4.78, 5) is 50.2. The molecule has 13 nitrogen and oxygen atoms in total. The summed E-state index contributed by atoms with van der Waals surface area (Å²) in [6, 6.07) is 13.5. The van der Waals surface area contributed by atoms with Gasteiger partial charge in [-0.05, 0) is 68.4 Å². The Morgan fingerprint density at radius 2 is 1.68 bits per heavy atom. The van der Waals surface area contributed by atoms with E-state index in [2.05, 4.69) is 25.3 Å². The second kappa shape index (κ2) is 13.4. The molecule has 1 aliphatic rings. The van der Waals surface area contributed by atoms with Crippen LogP contribution in [0, 0.1) is 17.6 Å². The molecular weight excluding hydrogens is 636 g/mol. The molecule has 3 heterocycles. The van der Waals surface area contributed by atoms with E-state index in [0.29, 0.717) is 11.6 Å². The molecule has 4 aromatic rings. The number of urea groups is 1. The molecule has 244 valence electrons. The number of nitrogens with zero attached hydrogens (tertiary/aromatic N) is 4. The van der Waals surface area contributed by atoms with Gasteiger partial charge in [0.15, 0.2) is 11.6 Å². The highest BCUT2D eigenvalue weighted by atomic mass is 32.2. The topological polar surface area (TPSA) is 163 Å². The number of imide groups is 1. The van der Waals surface area contributed by atoms with Crippen LogP contribution in [0.25, 0.3) is 0 Å². The maximum atomic E-state index is 15.1. The standard InChI is InChI=1S/C31H29F2N7O6S/c1-18(2)39-17-24(30(42)40(31(39)43)22-8-4-19(32)5-9-22)29(41)36-20-6-10-26(25(33)14-20)46-23-12-13-34-28(15-23)37-27-11-7-21(16-35-27)38-47(3,44)45/h4-16,18,24,38H,17H2,1-3H3,(H,36,41)(H,34,35,37). The number of benzene rings is 2. The fraction of sp³-hybridized carbons (Fsp3) is 0.194. The third-order valence-electron chi connectivity index (χ3n) is 6.84. The van der Waals surface area contributed by atoms with E-state index in [9.17, 15) is 27.2 Å². The van der Waals surface area contributed by atoms with Crippen LogP contribution in [0.5, 0.6) is 11.5 Å². The normalized spacial score (nSPS) is 15.1. The van der Waals surface area contributed by atoms with Gasteiger partial charge in [0, 0.05) is 36.6 Å². The fourth-order valence-electron chi connectivity index (χ4n) is 4.62. The van der Waals surface area contributed by atoms with Crippen LogP contribution in [0.4, 0.5) is 42.3 Å². The maximum absolute atomic E-state index is 15.1. The van der Waals surface area contributed by atoms with Crippen LogP contribution in [-0.4, -0.2) is 60.0 Å². The molecule has 0 radical (unpaired) electrons. The summed E-state index contributed by atoms with van der Waals surface area (Å²) in [5.74, 6) is -3.51. The van der Waals surface area contributed by atoms with Crippen molar-refractivity contribution in [3.63, 3.8) is 0 Å². The van der Waals surface area contributed by atoms with E-state index in [0.717, 1.165) is 29.4 Å². The fourth-order valence-corrected chi connectivity index (χ4v) is 5.17. The third kappa shape index (κ3) is 7.96. The van der Waals surface area contributed by atoms with Crippen molar-refractivity contribution in [2.24, 2.45) is 5.92 Å². The number of ether oxygens (including phenoxy) is 1. The van der Waals surface area contributed by atoms with Crippen molar-refractivity contribution in [3.05, 3.63) is 90.8 Å². The van der Waals surface area contributed by atoms with Crippen LogP contribution >= 0.6 is 0 Å². The van der Waals surface area contributed by atoms with Crippen LogP contribution in [0.1, 0.15) is 13.8 Å². The Bertz CT molecular complexity index is 1930. The number of sulfonamides is 1. The van der Waals surface area contributed by atoms with Gasteiger partial charge in [-0.15, -0.1) is 0 Å². The highest BCUT2D eigenvalue weighted by molar-refractivity contribution is 7.92. The van der Waals surface area contributed by atoms with Gasteiger partial charge < -0.3 is 20.3 Å². The Morgan fingerprint density at radius 1 is 0.957 bits per heavy atom. The monoisotopic (exact) mass is 665 g/mol. The van der Waals surface area contributed by atoms with Crippen molar-refractivity contribution in [2.75, 3.05) is 33.1 Å². The number of pyridine rings is 2. The molecule has 4 amide bonds. The van der Waals surface area contributed by atoms with Gasteiger partial charge >= 0.3 is 6.03 Å². The predicted octanol–water partition coefficient (Wildman–Crippen LogP) is 5.09. The molecule has 2 aromatic carbocycles. The van der Waals surface area contributed by atoms with Crippen molar-refractivity contribution in [2.45, 2.75) is 19.9 Å². The van der Waals surface area contributed by atoms with Gasteiger partial charge in [0.25, 0.3) is 0 Å². The lowest BCUT2D eigenvalue weighted by molar-refractivity contribution is -0.132. The van der Waals surface area contributed by atoms with Crippen molar-refractivity contribution in [3.8, 4) is 11.5 Å². The lowest BCUT2D eigenvalue weighted by Crippen LogP contribution is -2.61. The minimum Gasteiger partial charge on any atom is -0.454 e. The van der Waals surface area contributed by atoms with E-state index in [1.165, 1.54) is 65.8 Å². The first-order chi connectivity index (χ1) is 22.3. The van der Waals surface area contributed by atoms with E-state index in [-0.39, 0.29) is 41.1 Å². The van der Waals surface area contributed by atoms with Crippen molar-refractivity contribution >= 4 is 56.6 Å². The number of nitrogens with one attached hydrogen (secondary N) is 3. The second-order valence-corrected chi connectivity index (χ2v) is 12.5. The number of rotatable bonds is 10. The first-order valence-corrected chi connectivity index (χ1v) is 16.0. The summed E-state index contributed by atoms with van der Waals surface area (Å²) in [7, 11) is -3.45. The molecular formula is C31H29F2N7O6S. The molecule has 0 bridgehead atoms. The van der Waals surface area contributed by atoms with Gasteiger partial charge in [-0.2, -0.15) is 0 Å². The predicted molar refractivity (Wildman–Crippen MR) is 170 cm³/mol. The smallest absolute Gasteiger partial charge is 0.331 e. The van der Waals surface area contributed by atoms with Crippen LogP contribution < -0.4 is 25.0 Å². The lowest BCUT2D eigenvalue weighted by atomic mass is 10.0. The molecule has 1 unspecified atom stereocenters. The molecule has 0 aliphatic carbocycles. The minimum atomic E-state index is -3.45. The summed E-state index contributed by atoms with van der Waals surface area (Å²) in [5.41, 5.74) is 0.441. The maximum Gasteiger partial charge on any atom is 0.331 e. The summed E-state index contributed by atoms with van der Waals surface area (Å²) >= 11 is 0. The van der Waals surface area contributed by atoms with E-state index in [1.54, 1.807) is 13.8 Å². The van der Waals surface area contributed by atoms with Crippen LogP contribution in [0.3, 0.4) is 0 Å².